The molecule has 1 aromatic carbocycles. The van der Waals surface area contributed by atoms with Crippen LogP contribution in [0.3, 0.4) is 0 Å². The summed E-state index contributed by atoms with van der Waals surface area (Å²) in [5.41, 5.74) is 2.84. The van der Waals surface area contributed by atoms with E-state index < -0.39 is 5.97 Å². The number of carboxylic acids is 1. The second-order valence-corrected chi connectivity index (χ2v) is 6.70. The van der Waals surface area contributed by atoms with E-state index in [0.29, 0.717) is 5.92 Å². The number of H-pyrrole nitrogens is 1. The van der Waals surface area contributed by atoms with E-state index >= 15 is 0 Å². The smallest absolute Gasteiger partial charge is 0.335 e. The van der Waals surface area contributed by atoms with Crippen molar-refractivity contribution in [2.45, 2.75) is 19.8 Å². The summed E-state index contributed by atoms with van der Waals surface area (Å²) in [4.78, 5) is 25.7. The highest BCUT2D eigenvalue weighted by atomic mass is 16.4. The average Bonchev–Trinajstić information content (AvgIpc) is 3.06. The predicted octanol–water partition coefficient (Wildman–Crippen LogP) is 3.56. The number of hydrogen-bond donors (Lipinski definition) is 2. The lowest BCUT2D eigenvalue weighted by atomic mass is 9.99. The third-order valence-electron chi connectivity index (χ3n) is 4.83. The molecule has 1 fully saturated rings. The first-order valence-electron chi connectivity index (χ1n) is 8.54. The van der Waals surface area contributed by atoms with Gasteiger partial charge in [0, 0.05) is 24.8 Å². The standard InChI is InChI=1S/C19H20N4O2/c1-12-4-3-7-23(10-12)18-16-15(9-20-17(16)21-11-22-18)13-5-2-6-14(8-13)19(24)25/h2,5-6,8-9,11-12H,3-4,7,10H2,1H3,(H,24,25)(H,20,21,22). The number of fused-ring (bicyclic) bond motifs is 1. The molecule has 1 atom stereocenters. The van der Waals surface area contributed by atoms with Crippen LogP contribution in [-0.4, -0.2) is 39.1 Å². The maximum Gasteiger partial charge on any atom is 0.335 e. The molecule has 0 spiro atoms. The fourth-order valence-corrected chi connectivity index (χ4v) is 3.62. The topological polar surface area (TPSA) is 82.1 Å². The number of aromatic nitrogens is 3. The summed E-state index contributed by atoms with van der Waals surface area (Å²) in [5.74, 6) is 0.632. The van der Waals surface area contributed by atoms with Crippen LogP contribution in [-0.2, 0) is 0 Å². The highest BCUT2D eigenvalue weighted by molar-refractivity contribution is 6.02. The van der Waals surface area contributed by atoms with Crippen LogP contribution < -0.4 is 4.90 Å². The van der Waals surface area contributed by atoms with E-state index in [0.717, 1.165) is 47.5 Å². The molecule has 2 N–H and O–H groups in total. The molecular formula is C19H20N4O2. The van der Waals surface area contributed by atoms with Gasteiger partial charge < -0.3 is 15.0 Å². The third-order valence-corrected chi connectivity index (χ3v) is 4.83. The molecule has 6 heteroatoms. The molecule has 0 aliphatic carbocycles. The monoisotopic (exact) mass is 336 g/mol. The number of carbonyl (C=O) groups is 1. The van der Waals surface area contributed by atoms with Gasteiger partial charge in [0.2, 0.25) is 0 Å². The number of carboxylic acid groups (broad SMARTS) is 1. The normalized spacial score (nSPS) is 17.8. The molecule has 3 heterocycles. The molecule has 0 bridgehead atoms. The van der Waals surface area contributed by atoms with Crippen molar-refractivity contribution >= 4 is 22.8 Å². The van der Waals surface area contributed by atoms with Crippen LogP contribution in [0.25, 0.3) is 22.2 Å². The fraction of sp³-hybridized carbons (Fsp3) is 0.316. The number of aromatic carboxylic acids is 1. The van der Waals surface area contributed by atoms with Crippen molar-refractivity contribution in [1.29, 1.82) is 0 Å². The fourth-order valence-electron chi connectivity index (χ4n) is 3.62. The summed E-state index contributed by atoms with van der Waals surface area (Å²) >= 11 is 0. The van der Waals surface area contributed by atoms with Gasteiger partial charge in [-0.1, -0.05) is 19.1 Å². The molecule has 0 amide bonds. The zero-order valence-corrected chi connectivity index (χ0v) is 14.1. The van der Waals surface area contributed by atoms with Crippen molar-refractivity contribution in [3.63, 3.8) is 0 Å². The van der Waals surface area contributed by atoms with Gasteiger partial charge in [0.1, 0.15) is 17.8 Å². The van der Waals surface area contributed by atoms with Gasteiger partial charge in [0.05, 0.1) is 10.9 Å². The Morgan fingerprint density at radius 1 is 1.36 bits per heavy atom. The molecule has 4 rings (SSSR count). The molecule has 1 unspecified atom stereocenters. The highest BCUT2D eigenvalue weighted by Crippen LogP contribution is 2.35. The average molecular weight is 336 g/mol. The van der Waals surface area contributed by atoms with Gasteiger partial charge in [-0.2, -0.15) is 0 Å². The van der Waals surface area contributed by atoms with Crippen LogP contribution in [0.2, 0.25) is 0 Å². The van der Waals surface area contributed by atoms with E-state index in [1.807, 2.05) is 12.3 Å². The Morgan fingerprint density at radius 3 is 3.04 bits per heavy atom. The van der Waals surface area contributed by atoms with Gasteiger partial charge >= 0.3 is 5.97 Å². The molecule has 1 aliphatic rings. The van der Waals surface area contributed by atoms with Crippen molar-refractivity contribution in [3.05, 3.63) is 42.4 Å². The molecule has 6 nitrogen and oxygen atoms in total. The Balaban J connectivity index is 1.85. The van der Waals surface area contributed by atoms with Crippen molar-refractivity contribution in [1.82, 2.24) is 15.0 Å². The van der Waals surface area contributed by atoms with Gasteiger partial charge in [-0.25, -0.2) is 14.8 Å². The Hall–Kier alpha value is -2.89. The lowest BCUT2D eigenvalue weighted by Gasteiger charge is -2.32. The third kappa shape index (κ3) is 2.84. The van der Waals surface area contributed by atoms with Crippen LogP contribution in [0.4, 0.5) is 5.82 Å². The predicted molar refractivity (Wildman–Crippen MR) is 96.9 cm³/mol. The number of rotatable bonds is 3. The Kier molecular flexibility index (Phi) is 3.87. The number of benzene rings is 1. The van der Waals surface area contributed by atoms with Gasteiger partial charge in [-0.05, 0) is 36.5 Å². The summed E-state index contributed by atoms with van der Waals surface area (Å²) in [6.07, 6.45) is 5.87. The minimum absolute atomic E-state index is 0.275. The number of anilines is 1. The molecule has 128 valence electrons. The SMILES string of the molecule is CC1CCCN(c2ncnc3[nH]cc(-c4cccc(C(=O)O)c4)c23)C1. The lowest BCUT2D eigenvalue weighted by Crippen LogP contribution is -2.35. The molecule has 0 saturated carbocycles. The molecule has 0 radical (unpaired) electrons. The van der Waals surface area contributed by atoms with Gasteiger partial charge in [-0.3, -0.25) is 0 Å². The largest absolute Gasteiger partial charge is 0.478 e. The van der Waals surface area contributed by atoms with Gasteiger partial charge in [0.25, 0.3) is 0 Å². The van der Waals surface area contributed by atoms with Crippen molar-refractivity contribution in [2.24, 2.45) is 5.92 Å². The summed E-state index contributed by atoms with van der Waals surface area (Å²) in [7, 11) is 0. The van der Waals surface area contributed by atoms with E-state index in [9.17, 15) is 9.90 Å². The Bertz CT molecular complexity index is 934. The molecule has 3 aromatic rings. The maximum absolute atomic E-state index is 11.3. The van der Waals surface area contributed by atoms with Crippen molar-refractivity contribution in [2.75, 3.05) is 18.0 Å². The van der Waals surface area contributed by atoms with Crippen LogP contribution in [0.5, 0.6) is 0 Å². The minimum Gasteiger partial charge on any atom is -0.478 e. The summed E-state index contributed by atoms with van der Waals surface area (Å²) in [5, 5.41) is 10.2. The van der Waals surface area contributed by atoms with E-state index in [-0.39, 0.29) is 5.56 Å². The van der Waals surface area contributed by atoms with Crippen LogP contribution in [0, 0.1) is 5.92 Å². The number of nitrogens with zero attached hydrogens (tertiary/aromatic N) is 3. The molecular weight excluding hydrogens is 316 g/mol. The Morgan fingerprint density at radius 2 is 2.24 bits per heavy atom. The molecule has 1 saturated heterocycles. The van der Waals surface area contributed by atoms with E-state index in [1.54, 1.807) is 24.5 Å². The number of piperidine rings is 1. The van der Waals surface area contributed by atoms with Crippen LogP contribution >= 0.6 is 0 Å². The lowest BCUT2D eigenvalue weighted by molar-refractivity contribution is 0.0697. The van der Waals surface area contributed by atoms with E-state index in [4.69, 9.17) is 0 Å². The van der Waals surface area contributed by atoms with E-state index in [1.165, 1.54) is 6.42 Å². The van der Waals surface area contributed by atoms with E-state index in [2.05, 4.69) is 26.8 Å². The first kappa shape index (κ1) is 15.6. The quantitative estimate of drug-likeness (QED) is 0.764. The van der Waals surface area contributed by atoms with Crippen molar-refractivity contribution < 1.29 is 9.90 Å². The highest BCUT2D eigenvalue weighted by Gasteiger charge is 2.22. The zero-order chi connectivity index (χ0) is 17.4. The zero-order valence-electron chi connectivity index (χ0n) is 14.1. The van der Waals surface area contributed by atoms with Crippen LogP contribution in [0.1, 0.15) is 30.1 Å². The maximum atomic E-state index is 11.3. The molecule has 2 aromatic heterocycles. The molecule has 1 aliphatic heterocycles. The number of aromatic amines is 1. The second-order valence-electron chi connectivity index (χ2n) is 6.70. The Labute approximate surface area is 145 Å². The minimum atomic E-state index is -0.928. The number of nitrogens with one attached hydrogen (secondary N) is 1. The first-order valence-corrected chi connectivity index (χ1v) is 8.54. The van der Waals surface area contributed by atoms with Crippen molar-refractivity contribution in [3.8, 4) is 11.1 Å². The second kappa shape index (κ2) is 6.20. The number of hydrogen-bond acceptors (Lipinski definition) is 4. The summed E-state index contributed by atoms with van der Waals surface area (Å²) in [6.45, 7) is 4.22. The summed E-state index contributed by atoms with van der Waals surface area (Å²) < 4.78 is 0. The molecule has 25 heavy (non-hydrogen) atoms. The van der Waals surface area contributed by atoms with Gasteiger partial charge in [-0.15, -0.1) is 0 Å². The summed E-state index contributed by atoms with van der Waals surface area (Å²) in [6, 6.07) is 6.99. The van der Waals surface area contributed by atoms with Gasteiger partial charge in [0.15, 0.2) is 0 Å². The van der Waals surface area contributed by atoms with Crippen LogP contribution in [0.15, 0.2) is 36.8 Å². The first-order chi connectivity index (χ1) is 12.1.